The van der Waals surface area contributed by atoms with Crippen molar-refractivity contribution in [1.29, 1.82) is 5.26 Å². The number of likely N-dealkylation sites (N-methyl/N-ethyl adjacent to an activating group) is 1. The highest BCUT2D eigenvalue weighted by molar-refractivity contribution is 5.58. The minimum absolute atomic E-state index is 0.126. The molecular weight excluding hydrogens is 198 g/mol. The van der Waals surface area contributed by atoms with Crippen LogP contribution in [0, 0.1) is 23.0 Å². The summed E-state index contributed by atoms with van der Waals surface area (Å²) in [6.45, 7) is 0.601. The first-order valence-corrected chi connectivity index (χ1v) is 4.39. The number of nitrogens with zero attached hydrogens (tertiary/aromatic N) is 1. The quantitative estimate of drug-likeness (QED) is 0.825. The number of hydrogen-bond donors (Lipinski definition) is 1. The number of hydrogen-bond acceptors (Lipinski definition) is 2. The molecule has 1 aromatic rings. The topological polar surface area (TPSA) is 35.8 Å². The Morgan fingerprint density at radius 1 is 1.40 bits per heavy atom. The van der Waals surface area contributed by atoms with Crippen LogP contribution in [0.15, 0.2) is 18.2 Å². The van der Waals surface area contributed by atoms with E-state index < -0.39 is 11.6 Å². The predicted molar refractivity (Wildman–Crippen MR) is 54.0 cm³/mol. The lowest BCUT2D eigenvalue weighted by molar-refractivity contribution is 0.508. The molecule has 0 fully saturated rings. The molecule has 1 aromatic carbocycles. The van der Waals surface area contributed by atoms with Crippen LogP contribution >= 0.6 is 0 Å². The van der Waals surface area contributed by atoms with Crippen molar-refractivity contribution in [3.8, 4) is 6.07 Å². The largest absolute Gasteiger partial charge is 0.316 e. The molecule has 15 heavy (non-hydrogen) atoms. The van der Waals surface area contributed by atoms with Crippen molar-refractivity contribution >= 4 is 6.08 Å². The van der Waals surface area contributed by atoms with Gasteiger partial charge in [-0.2, -0.15) is 5.26 Å². The fourth-order valence-electron chi connectivity index (χ4n) is 1.10. The molecule has 1 N–H and O–H groups in total. The van der Waals surface area contributed by atoms with Crippen LogP contribution in [0.3, 0.4) is 0 Å². The molecule has 0 radical (unpaired) electrons. The molecular formula is C11H10F2N2. The molecule has 0 aliphatic heterocycles. The van der Waals surface area contributed by atoms with E-state index in [1.807, 2.05) is 6.07 Å². The average molecular weight is 208 g/mol. The van der Waals surface area contributed by atoms with E-state index in [0.717, 1.165) is 12.1 Å². The first-order chi connectivity index (χ1) is 7.19. The summed E-state index contributed by atoms with van der Waals surface area (Å²) >= 11 is 0. The minimum Gasteiger partial charge on any atom is -0.316 e. The van der Waals surface area contributed by atoms with E-state index in [0.29, 0.717) is 12.1 Å². The van der Waals surface area contributed by atoms with Crippen molar-refractivity contribution in [2.75, 3.05) is 13.6 Å². The number of nitriles is 1. The zero-order chi connectivity index (χ0) is 11.3. The molecule has 78 valence electrons. The molecule has 0 aromatic heterocycles. The molecule has 1 rings (SSSR count). The van der Waals surface area contributed by atoms with Crippen molar-refractivity contribution in [1.82, 2.24) is 5.32 Å². The zero-order valence-corrected chi connectivity index (χ0v) is 8.22. The highest BCUT2D eigenvalue weighted by Gasteiger charge is 2.06. The number of halogens is 2. The maximum absolute atomic E-state index is 12.9. The van der Waals surface area contributed by atoms with Gasteiger partial charge in [-0.15, -0.1) is 0 Å². The Morgan fingerprint density at radius 2 is 2.07 bits per heavy atom. The fraction of sp³-hybridized carbons (Fsp3) is 0.182. The SMILES string of the molecule is CNCC=Cc1cc(F)c(F)cc1C#N. The van der Waals surface area contributed by atoms with Crippen LogP contribution < -0.4 is 5.32 Å². The summed E-state index contributed by atoms with van der Waals surface area (Å²) in [5, 5.41) is 11.6. The molecule has 0 bridgehead atoms. The van der Waals surface area contributed by atoms with Crippen LogP contribution in [0.1, 0.15) is 11.1 Å². The van der Waals surface area contributed by atoms with Crippen LogP contribution in [0.25, 0.3) is 6.08 Å². The van der Waals surface area contributed by atoms with Gasteiger partial charge >= 0.3 is 0 Å². The molecule has 0 spiro atoms. The maximum atomic E-state index is 12.9. The Morgan fingerprint density at radius 3 is 2.67 bits per heavy atom. The van der Waals surface area contributed by atoms with Gasteiger partial charge in [0.2, 0.25) is 0 Å². The normalized spacial score (nSPS) is 10.5. The molecule has 0 aliphatic rings. The van der Waals surface area contributed by atoms with Crippen molar-refractivity contribution in [2.45, 2.75) is 0 Å². The summed E-state index contributed by atoms with van der Waals surface area (Å²) in [5.41, 5.74) is 0.507. The van der Waals surface area contributed by atoms with Crippen LogP contribution in [0.4, 0.5) is 8.78 Å². The smallest absolute Gasteiger partial charge is 0.160 e. The first kappa shape index (κ1) is 11.3. The Balaban J connectivity index is 3.06. The monoisotopic (exact) mass is 208 g/mol. The molecule has 0 unspecified atom stereocenters. The molecule has 0 aliphatic carbocycles. The molecule has 0 saturated heterocycles. The van der Waals surface area contributed by atoms with Crippen LogP contribution in [0.2, 0.25) is 0 Å². The van der Waals surface area contributed by atoms with E-state index in [-0.39, 0.29) is 5.56 Å². The lowest BCUT2D eigenvalue weighted by Crippen LogP contribution is -2.03. The Labute approximate surface area is 86.8 Å². The zero-order valence-electron chi connectivity index (χ0n) is 8.22. The maximum Gasteiger partial charge on any atom is 0.160 e. The van der Waals surface area contributed by atoms with Gasteiger partial charge in [-0.25, -0.2) is 8.78 Å². The number of rotatable bonds is 3. The predicted octanol–water partition coefficient (Wildman–Crippen LogP) is 2.07. The Kier molecular flexibility index (Phi) is 3.95. The third kappa shape index (κ3) is 2.86. The van der Waals surface area contributed by atoms with Gasteiger partial charge in [-0.3, -0.25) is 0 Å². The summed E-state index contributed by atoms with van der Waals surface area (Å²) in [6, 6.07) is 3.72. The summed E-state index contributed by atoms with van der Waals surface area (Å²) in [7, 11) is 1.76. The summed E-state index contributed by atoms with van der Waals surface area (Å²) in [5.74, 6) is -1.95. The van der Waals surface area contributed by atoms with Crippen molar-refractivity contribution in [2.24, 2.45) is 0 Å². The van der Waals surface area contributed by atoms with Crippen molar-refractivity contribution in [3.63, 3.8) is 0 Å². The van der Waals surface area contributed by atoms with E-state index in [4.69, 9.17) is 5.26 Å². The lowest BCUT2D eigenvalue weighted by atomic mass is 10.1. The van der Waals surface area contributed by atoms with Gasteiger partial charge in [0.25, 0.3) is 0 Å². The second kappa shape index (κ2) is 5.23. The van der Waals surface area contributed by atoms with Gasteiger partial charge < -0.3 is 5.32 Å². The molecule has 0 saturated carbocycles. The summed E-state index contributed by atoms with van der Waals surface area (Å²) < 4.78 is 25.6. The second-order valence-corrected chi connectivity index (χ2v) is 2.93. The van der Waals surface area contributed by atoms with Gasteiger partial charge in [0.05, 0.1) is 11.6 Å². The number of benzene rings is 1. The van der Waals surface area contributed by atoms with E-state index >= 15 is 0 Å². The van der Waals surface area contributed by atoms with Gasteiger partial charge in [0.1, 0.15) is 0 Å². The van der Waals surface area contributed by atoms with Crippen molar-refractivity contribution < 1.29 is 8.78 Å². The number of nitrogens with one attached hydrogen (secondary N) is 1. The second-order valence-electron chi connectivity index (χ2n) is 2.93. The van der Waals surface area contributed by atoms with Crippen LogP contribution in [0.5, 0.6) is 0 Å². The molecule has 4 heteroatoms. The lowest BCUT2D eigenvalue weighted by Gasteiger charge is -1.99. The van der Waals surface area contributed by atoms with Crippen LogP contribution in [-0.2, 0) is 0 Å². The highest BCUT2D eigenvalue weighted by atomic mass is 19.2. The van der Waals surface area contributed by atoms with E-state index in [9.17, 15) is 8.78 Å². The van der Waals surface area contributed by atoms with Gasteiger partial charge in [0, 0.05) is 6.54 Å². The highest BCUT2D eigenvalue weighted by Crippen LogP contribution is 2.15. The van der Waals surface area contributed by atoms with Crippen LogP contribution in [-0.4, -0.2) is 13.6 Å². The molecule has 0 heterocycles. The van der Waals surface area contributed by atoms with Gasteiger partial charge in [0.15, 0.2) is 11.6 Å². The van der Waals surface area contributed by atoms with Gasteiger partial charge in [-0.1, -0.05) is 12.2 Å². The molecule has 2 nitrogen and oxygen atoms in total. The summed E-state index contributed by atoms with van der Waals surface area (Å²) in [6.07, 6.45) is 3.31. The van der Waals surface area contributed by atoms with E-state index in [2.05, 4.69) is 5.32 Å². The van der Waals surface area contributed by atoms with E-state index in [1.165, 1.54) is 0 Å². The first-order valence-electron chi connectivity index (χ1n) is 4.39. The van der Waals surface area contributed by atoms with Gasteiger partial charge in [-0.05, 0) is 24.7 Å². The van der Waals surface area contributed by atoms with E-state index in [1.54, 1.807) is 19.2 Å². The fourth-order valence-corrected chi connectivity index (χ4v) is 1.10. The Hall–Kier alpha value is -1.73. The average Bonchev–Trinajstić information content (AvgIpc) is 2.23. The van der Waals surface area contributed by atoms with Crippen molar-refractivity contribution in [3.05, 3.63) is 41.0 Å². The molecule has 0 atom stereocenters. The third-order valence-corrected chi connectivity index (χ3v) is 1.83. The third-order valence-electron chi connectivity index (χ3n) is 1.83. The Bertz CT molecular complexity index is 419. The summed E-state index contributed by atoms with van der Waals surface area (Å²) in [4.78, 5) is 0. The standard InChI is InChI=1S/C11H10F2N2/c1-15-4-2-3-8-5-10(12)11(13)6-9(8)7-14/h2-3,5-6,15H,4H2,1H3. The molecule has 0 amide bonds. The minimum atomic E-state index is -1.00.